The summed E-state index contributed by atoms with van der Waals surface area (Å²) in [6, 6.07) is 11.1. The molecule has 0 aliphatic rings. The van der Waals surface area contributed by atoms with E-state index < -0.39 is 0 Å². The highest BCUT2D eigenvalue weighted by Crippen LogP contribution is 2.22. The van der Waals surface area contributed by atoms with Crippen molar-refractivity contribution in [1.29, 1.82) is 0 Å². The normalized spacial score (nSPS) is 11.1. The van der Waals surface area contributed by atoms with E-state index in [0.717, 1.165) is 11.3 Å². The molecule has 0 aliphatic carbocycles. The summed E-state index contributed by atoms with van der Waals surface area (Å²) in [5.74, 6) is -0.0488. The molecule has 6 heteroatoms. The maximum Gasteiger partial charge on any atom is 0.195 e. The molecule has 0 amide bonds. The summed E-state index contributed by atoms with van der Waals surface area (Å²) in [6.45, 7) is 0. The van der Waals surface area contributed by atoms with Crippen molar-refractivity contribution in [3.63, 3.8) is 0 Å². The number of aromatic nitrogens is 3. The van der Waals surface area contributed by atoms with E-state index in [1.807, 2.05) is 24.3 Å². The highest BCUT2D eigenvalue weighted by atomic mass is 35.5. The monoisotopic (exact) mass is 315 g/mol. The number of hydrogen-bond donors (Lipinski definition) is 0. The predicted molar refractivity (Wildman–Crippen MR) is 84.1 cm³/mol. The van der Waals surface area contributed by atoms with Gasteiger partial charge in [-0.25, -0.2) is 9.67 Å². The first-order chi connectivity index (χ1) is 10.2. The van der Waals surface area contributed by atoms with Crippen LogP contribution < -0.4 is 0 Å². The minimum Gasteiger partial charge on any atom is -0.288 e. The van der Waals surface area contributed by atoms with Crippen LogP contribution in [0.25, 0.3) is 11.8 Å². The molecule has 0 saturated carbocycles. The molecule has 0 spiro atoms. The van der Waals surface area contributed by atoms with Gasteiger partial charge >= 0.3 is 0 Å². The van der Waals surface area contributed by atoms with Crippen molar-refractivity contribution in [1.82, 2.24) is 14.8 Å². The fourth-order valence-electron chi connectivity index (χ4n) is 1.78. The highest BCUT2D eigenvalue weighted by molar-refractivity contribution is 7.18. The highest BCUT2D eigenvalue weighted by Gasteiger charge is 2.04. The molecule has 3 rings (SSSR count). The molecule has 0 bridgehead atoms. The van der Waals surface area contributed by atoms with E-state index in [9.17, 15) is 4.79 Å². The number of ketones is 1. The fraction of sp³-hybridized carbons (Fsp3) is 0. The Morgan fingerprint density at radius 1 is 1.19 bits per heavy atom. The molecule has 21 heavy (non-hydrogen) atoms. The molecule has 0 saturated heterocycles. The number of carbonyl (C=O) groups excluding carboxylic acids is 1. The Kier molecular flexibility index (Phi) is 3.94. The van der Waals surface area contributed by atoms with E-state index >= 15 is 0 Å². The van der Waals surface area contributed by atoms with E-state index in [4.69, 9.17) is 11.6 Å². The molecule has 1 aromatic carbocycles. The van der Waals surface area contributed by atoms with E-state index in [2.05, 4.69) is 10.1 Å². The second kappa shape index (κ2) is 6.03. The molecule has 0 unspecified atom stereocenters. The first-order valence-corrected chi connectivity index (χ1v) is 7.34. The van der Waals surface area contributed by atoms with Crippen LogP contribution >= 0.6 is 22.9 Å². The minimum atomic E-state index is -0.0488. The summed E-state index contributed by atoms with van der Waals surface area (Å²) in [5, 5.41) is 4.05. The number of nitrogens with zero attached hydrogens (tertiary/aromatic N) is 3. The summed E-state index contributed by atoms with van der Waals surface area (Å²) < 4.78 is 2.29. The van der Waals surface area contributed by atoms with Crippen molar-refractivity contribution in [2.75, 3.05) is 0 Å². The minimum absolute atomic E-state index is 0.0488. The summed E-state index contributed by atoms with van der Waals surface area (Å²) in [4.78, 5) is 16.5. The van der Waals surface area contributed by atoms with Gasteiger partial charge in [-0.05, 0) is 35.9 Å². The van der Waals surface area contributed by atoms with Gasteiger partial charge < -0.3 is 0 Å². The van der Waals surface area contributed by atoms with Gasteiger partial charge in [0.05, 0.1) is 14.9 Å². The zero-order valence-corrected chi connectivity index (χ0v) is 12.4. The zero-order chi connectivity index (χ0) is 14.7. The number of benzene rings is 1. The van der Waals surface area contributed by atoms with Gasteiger partial charge in [0, 0.05) is 0 Å². The van der Waals surface area contributed by atoms with Crippen molar-refractivity contribution in [2.45, 2.75) is 0 Å². The van der Waals surface area contributed by atoms with Gasteiger partial charge in [-0.2, -0.15) is 5.10 Å². The van der Waals surface area contributed by atoms with Crippen molar-refractivity contribution in [3.8, 4) is 5.69 Å². The lowest BCUT2D eigenvalue weighted by Crippen LogP contribution is -1.93. The van der Waals surface area contributed by atoms with Crippen LogP contribution in [0.3, 0.4) is 0 Å². The van der Waals surface area contributed by atoms with Crippen LogP contribution in [0.5, 0.6) is 0 Å². The third-order valence-corrected chi connectivity index (χ3v) is 4.07. The first kappa shape index (κ1) is 13.7. The summed E-state index contributed by atoms with van der Waals surface area (Å²) in [6.07, 6.45) is 6.45. The molecule has 104 valence electrons. The zero-order valence-electron chi connectivity index (χ0n) is 10.8. The Labute approximate surface area is 130 Å². The van der Waals surface area contributed by atoms with Crippen molar-refractivity contribution >= 4 is 34.8 Å². The van der Waals surface area contributed by atoms with Crippen molar-refractivity contribution in [2.24, 2.45) is 0 Å². The van der Waals surface area contributed by atoms with Crippen LogP contribution in [-0.2, 0) is 0 Å². The second-order valence-corrected chi connectivity index (χ2v) is 5.95. The molecular weight excluding hydrogens is 306 g/mol. The van der Waals surface area contributed by atoms with Gasteiger partial charge in [-0.1, -0.05) is 29.8 Å². The molecule has 0 aliphatic heterocycles. The van der Waals surface area contributed by atoms with Gasteiger partial charge in [-0.3, -0.25) is 4.79 Å². The Morgan fingerprint density at radius 2 is 2.00 bits per heavy atom. The lowest BCUT2D eigenvalue weighted by Gasteiger charge is -2.00. The Morgan fingerprint density at radius 3 is 2.62 bits per heavy atom. The topological polar surface area (TPSA) is 47.8 Å². The third kappa shape index (κ3) is 3.26. The van der Waals surface area contributed by atoms with E-state index in [1.165, 1.54) is 17.7 Å². The number of allylic oxidation sites excluding steroid dienone is 1. The number of carbonyl (C=O) groups is 1. The summed E-state index contributed by atoms with van der Waals surface area (Å²) >= 11 is 7.09. The summed E-state index contributed by atoms with van der Waals surface area (Å²) in [5.41, 5.74) is 1.86. The molecule has 3 aromatic rings. The van der Waals surface area contributed by atoms with Crippen LogP contribution in [0.2, 0.25) is 4.34 Å². The number of halogens is 1. The van der Waals surface area contributed by atoms with Crippen molar-refractivity contribution < 1.29 is 4.79 Å². The van der Waals surface area contributed by atoms with Crippen LogP contribution in [0.15, 0.2) is 55.1 Å². The Balaban J connectivity index is 1.73. The molecule has 2 aromatic heterocycles. The maximum atomic E-state index is 11.9. The van der Waals surface area contributed by atoms with Crippen LogP contribution in [0, 0.1) is 0 Å². The third-order valence-electron chi connectivity index (χ3n) is 2.82. The van der Waals surface area contributed by atoms with Crippen LogP contribution in [-0.4, -0.2) is 20.5 Å². The molecule has 4 nitrogen and oxygen atoms in total. The smallest absolute Gasteiger partial charge is 0.195 e. The molecule has 0 fully saturated rings. The summed E-state index contributed by atoms with van der Waals surface area (Å²) in [7, 11) is 0. The average molecular weight is 316 g/mol. The standard InChI is InChI=1S/C15H10ClN3OS/c16-15-8-7-14(21-15)13(20)6-3-11-1-4-12(5-2-11)19-10-17-9-18-19/h1-10H. The Bertz CT molecular complexity index is 776. The lowest BCUT2D eigenvalue weighted by atomic mass is 10.1. The SMILES string of the molecule is O=C(C=Cc1ccc(-n2cncn2)cc1)c1ccc(Cl)s1. The molecule has 2 heterocycles. The van der Waals surface area contributed by atoms with E-state index in [-0.39, 0.29) is 5.78 Å². The maximum absolute atomic E-state index is 11.9. The fourth-order valence-corrected chi connectivity index (χ4v) is 2.74. The quantitative estimate of drug-likeness (QED) is 0.542. The van der Waals surface area contributed by atoms with Gasteiger partial charge in [0.25, 0.3) is 0 Å². The van der Waals surface area contributed by atoms with Crippen molar-refractivity contribution in [3.05, 3.63) is 69.9 Å². The number of thiophene rings is 1. The van der Waals surface area contributed by atoms with E-state index in [1.54, 1.807) is 35.3 Å². The Hall–Kier alpha value is -2.24. The molecule has 0 atom stereocenters. The number of hydrogen-bond acceptors (Lipinski definition) is 4. The van der Waals surface area contributed by atoms with Gasteiger partial charge in [0.2, 0.25) is 0 Å². The molecular formula is C15H10ClN3OS. The van der Waals surface area contributed by atoms with Gasteiger partial charge in [0.15, 0.2) is 5.78 Å². The van der Waals surface area contributed by atoms with Crippen LogP contribution in [0.1, 0.15) is 15.2 Å². The second-order valence-electron chi connectivity index (χ2n) is 4.23. The van der Waals surface area contributed by atoms with Crippen LogP contribution in [0.4, 0.5) is 0 Å². The predicted octanol–water partition coefficient (Wildman–Crippen LogP) is 3.88. The lowest BCUT2D eigenvalue weighted by molar-refractivity contribution is 0.105. The molecule has 0 radical (unpaired) electrons. The largest absolute Gasteiger partial charge is 0.288 e. The van der Waals surface area contributed by atoms with Gasteiger partial charge in [-0.15, -0.1) is 11.3 Å². The molecule has 0 N–H and O–H groups in total. The number of rotatable bonds is 4. The van der Waals surface area contributed by atoms with E-state index in [0.29, 0.717) is 9.21 Å². The van der Waals surface area contributed by atoms with Gasteiger partial charge in [0.1, 0.15) is 12.7 Å². The average Bonchev–Trinajstić information content (AvgIpc) is 3.16. The first-order valence-electron chi connectivity index (χ1n) is 6.15.